The second-order valence-electron chi connectivity index (χ2n) is 6.23. The maximum atomic E-state index is 13.0. The van der Waals surface area contributed by atoms with Crippen LogP contribution in [0.15, 0.2) is 59.5 Å². The standard InChI is InChI=1S/C20H25ClN2O3S/c1-4-23(5-2)20(24)19(18(21)16-9-7-6-8-10-16)22-27(25,26)17-13-11-15(3)12-14-17/h6-14,18-19,22H,4-5H2,1-3H3/t18-,19-/m1/s1. The average molecular weight is 409 g/mol. The van der Waals surface area contributed by atoms with Gasteiger partial charge in [0, 0.05) is 13.1 Å². The maximum absolute atomic E-state index is 13.0. The van der Waals surface area contributed by atoms with Crippen LogP contribution in [-0.2, 0) is 14.8 Å². The van der Waals surface area contributed by atoms with E-state index in [1.807, 2.05) is 26.8 Å². The summed E-state index contributed by atoms with van der Waals surface area (Å²) in [7, 11) is -3.91. The van der Waals surface area contributed by atoms with Crippen LogP contribution in [0.3, 0.4) is 0 Å². The van der Waals surface area contributed by atoms with Crippen LogP contribution in [0.1, 0.15) is 30.4 Å². The number of hydrogen-bond acceptors (Lipinski definition) is 3. The van der Waals surface area contributed by atoms with Crippen LogP contribution >= 0.6 is 11.6 Å². The molecule has 0 unspecified atom stereocenters. The Morgan fingerprint density at radius 2 is 1.59 bits per heavy atom. The normalized spacial score (nSPS) is 13.8. The summed E-state index contributed by atoms with van der Waals surface area (Å²) < 4.78 is 28.2. The minimum Gasteiger partial charge on any atom is -0.342 e. The van der Waals surface area contributed by atoms with Crippen LogP contribution < -0.4 is 4.72 Å². The molecule has 7 heteroatoms. The van der Waals surface area contributed by atoms with Gasteiger partial charge in [0.1, 0.15) is 6.04 Å². The lowest BCUT2D eigenvalue weighted by Crippen LogP contribution is -2.50. The summed E-state index contributed by atoms with van der Waals surface area (Å²) in [6, 6.07) is 14.4. The lowest BCUT2D eigenvalue weighted by atomic mass is 10.0. The van der Waals surface area contributed by atoms with Gasteiger partial charge < -0.3 is 4.90 Å². The number of hydrogen-bond donors (Lipinski definition) is 1. The number of alkyl halides is 1. The highest BCUT2D eigenvalue weighted by Gasteiger charge is 2.34. The molecular weight excluding hydrogens is 384 g/mol. The van der Waals surface area contributed by atoms with Crippen molar-refractivity contribution in [2.75, 3.05) is 13.1 Å². The summed E-state index contributed by atoms with van der Waals surface area (Å²) in [5.41, 5.74) is 1.63. The molecule has 2 aromatic rings. The Balaban J connectivity index is 2.39. The van der Waals surface area contributed by atoms with E-state index in [0.717, 1.165) is 5.56 Å². The van der Waals surface area contributed by atoms with Crippen LogP contribution in [0.5, 0.6) is 0 Å². The van der Waals surface area contributed by atoms with Gasteiger partial charge in [0.05, 0.1) is 10.3 Å². The molecule has 0 fully saturated rings. The molecule has 0 radical (unpaired) electrons. The Morgan fingerprint density at radius 1 is 1.04 bits per heavy atom. The molecule has 0 saturated heterocycles. The first kappa shape index (κ1) is 21.4. The summed E-state index contributed by atoms with van der Waals surface area (Å²) in [5, 5.41) is -0.834. The molecule has 2 aromatic carbocycles. The number of likely N-dealkylation sites (N-methyl/N-ethyl adjacent to an activating group) is 1. The second kappa shape index (κ2) is 9.35. The molecule has 2 rings (SSSR count). The summed E-state index contributed by atoms with van der Waals surface area (Å²) in [5.74, 6) is -0.348. The monoisotopic (exact) mass is 408 g/mol. The smallest absolute Gasteiger partial charge is 0.242 e. The van der Waals surface area contributed by atoms with Gasteiger partial charge in [-0.1, -0.05) is 48.0 Å². The van der Waals surface area contributed by atoms with Crippen molar-refractivity contribution in [3.63, 3.8) is 0 Å². The van der Waals surface area contributed by atoms with E-state index in [4.69, 9.17) is 11.6 Å². The highest BCUT2D eigenvalue weighted by molar-refractivity contribution is 7.89. The molecule has 1 N–H and O–H groups in total. The molecule has 0 aliphatic carbocycles. The number of carbonyl (C=O) groups is 1. The number of amides is 1. The largest absolute Gasteiger partial charge is 0.342 e. The fourth-order valence-corrected chi connectivity index (χ4v) is 4.34. The third kappa shape index (κ3) is 5.31. The lowest BCUT2D eigenvalue weighted by molar-refractivity contribution is -0.132. The van der Waals surface area contributed by atoms with Gasteiger partial charge in [-0.15, -0.1) is 11.6 Å². The quantitative estimate of drug-likeness (QED) is 0.680. The molecular formula is C20H25ClN2O3S. The first-order chi connectivity index (χ1) is 12.8. The first-order valence-corrected chi connectivity index (χ1v) is 10.8. The van der Waals surface area contributed by atoms with Gasteiger partial charge in [0.15, 0.2) is 0 Å². The number of nitrogens with zero attached hydrogens (tertiary/aromatic N) is 1. The molecule has 1 amide bonds. The van der Waals surface area contributed by atoms with E-state index >= 15 is 0 Å². The lowest BCUT2D eigenvalue weighted by Gasteiger charge is -2.28. The van der Waals surface area contributed by atoms with E-state index in [2.05, 4.69) is 4.72 Å². The topological polar surface area (TPSA) is 66.5 Å². The Morgan fingerprint density at radius 3 is 2.11 bits per heavy atom. The number of carbonyl (C=O) groups excluding carboxylic acids is 1. The van der Waals surface area contributed by atoms with Crippen molar-refractivity contribution in [3.8, 4) is 0 Å². The predicted molar refractivity (Wildman–Crippen MR) is 108 cm³/mol. The van der Waals surface area contributed by atoms with E-state index in [-0.39, 0.29) is 10.8 Å². The molecule has 0 spiro atoms. The molecule has 0 aromatic heterocycles. The highest BCUT2D eigenvalue weighted by atomic mass is 35.5. The number of halogens is 1. The Hall–Kier alpha value is -1.89. The van der Waals surface area contributed by atoms with Gasteiger partial charge in [-0.2, -0.15) is 4.72 Å². The molecule has 0 aliphatic rings. The second-order valence-corrected chi connectivity index (χ2v) is 8.42. The SMILES string of the molecule is CCN(CC)C(=O)[C@H](NS(=O)(=O)c1ccc(C)cc1)[C@H](Cl)c1ccccc1. The number of benzene rings is 2. The minimum absolute atomic E-state index is 0.0994. The third-order valence-electron chi connectivity index (χ3n) is 4.37. The predicted octanol–water partition coefficient (Wildman–Crippen LogP) is 3.49. The van der Waals surface area contributed by atoms with Crippen LogP contribution in [0, 0.1) is 6.92 Å². The first-order valence-electron chi connectivity index (χ1n) is 8.87. The molecule has 2 atom stereocenters. The molecule has 5 nitrogen and oxygen atoms in total. The van der Waals surface area contributed by atoms with Crippen molar-refractivity contribution < 1.29 is 13.2 Å². The van der Waals surface area contributed by atoms with Crippen molar-refractivity contribution in [3.05, 3.63) is 65.7 Å². The number of nitrogens with one attached hydrogen (secondary N) is 1. The van der Waals surface area contributed by atoms with Crippen molar-refractivity contribution in [2.45, 2.75) is 37.1 Å². The zero-order chi connectivity index (χ0) is 20.0. The summed E-state index contributed by atoms with van der Waals surface area (Å²) in [6.07, 6.45) is 0. The van der Waals surface area contributed by atoms with Crippen molar-refractivity contribution in [2.24, 2.45) is 0 Å². The third-order valence-corrected chi connectivity index (χ3v) is 6.33. The van der Waals surface area contributed by atoms with E-state index in [1.165, 1.54) is 12.1 Å². The number of sulfonamides is 1. The minimum atomic E-state index is -3.91. The Labute approximate surface area is 166 Å². The van der Waals surface area contributed by atoms with E-state index in [9.17, 15) is 13.2 Å². The van der Waals surface area contributed by atoms with Crippen molar-refractivity contribution in [1.82, 2.24) is 9.62 Å². The highest BCUT2D eigenvalue weighted by Crippen LogP contribution is 2.27. The van der Waals surface area contributed by atoms with Crippen LogP contribution in [0.25, 0.3) is 0 Å². The summed E-state index contributed by atoms with van der Waals surface area (Å²) in [6.45, 7) is 6.51. The Kier molecular flexibility index (Phi) is 7.41. The fourth-order valence-electron chi connectivity index (χ4n) is 2.75. The molecule has 0 heterocycles. The summed E-state index contributed by atoms with van der Waals surface area (Å²) in [4.78, 5) is 14.7. The zero-order valence-corrected chi connectivity index (χ0v) is 17.3. The van der Waals surface area contributed by atoms with E-state index < -0.39 is 21.4 Å². The van der Waals surface area contributed by atoms with Gasteiger partial charge >= 0.3 is 0 Å². The number of rotatable bonds is 8. The molecule has 27 heavy (non-hydrogen) atoms. The van der Waals surface area contributed by atoms with Gasteiger partial charge in [-0.05, 0) is 38.5 Å². The van der Waals surface area contributed by atoms with Crippen LogP contribution in [-0.4, -0.2) is 38.4 Å². The van der Waals surface area contributed by atoms with Gasteiger partial charge in [-0.3, -0.25) is 4.79 Å². The van der Waals surface area contributed by atoms with Gasteiger partial charge in [0.25, 0.3) is 0 Å². The van der Waals surface area contributed by atoms with Crippen molar-refractivity contribution in [1.29, 1.82) is 0 Å². The van der Waals surface area contributed by atoms with Gasteiger partial charge in [0.2, 0.25) is 15.9 Å². The van der Waals surface area contributed by atoms with E-state index in [1.54, 1.807) is 41.3 Å². The zero-order valence-electron chi connectivity index (χ0n) is 15.7. The molecule has 0 saturated carbocycles. The van der Waals surface area contributed by atoms with E-state index in [0.29, 0.717) is 18.7 Å². The maximum Gasteiger partial charge on any atom is 0.242 e. The van der Waals surface area contributed by atoms with Crippen LogP contribution in [0.4, 0.5) is 0 Å². The summed E-state index contributed by atoms with van der Waals surface area (Å²) >= 11 is 6.57. The Bertz CT molecular complexity index is 851. The van der Waals surface area contributed by atoms with Crippen LogP contribution in [0.2, 0.25) is 0 Å². The number of aryl methyl sites for hydroxylation is 1. The molecule has 146 valence electrons. The average Bonchev–Trinajstić information content (AvgIpc) is 2.67. The fraction of sp³-hybridized carbons (Fsp3) is 0.350. The van der Waals surface area contributed by atoms with Gasteiger partial charge in [-0.25, -0.2) is 8.42 Å². The molecule has 0 bridgehead atoms. The molecule has 0 aliphatic heterocycles. The van der Waals surface area contributed by atoms with Crippen molar-refractivity contribution >= 4 is 27.5 Å².